The van der Waals surface area contributed by atoms with Gasteiger partial charge in [0.15, 0.2) is 0 Å². The molecule has 1 heterocycles. The number of anilines is 2. The van der Waals surface area contributed by atoms with Crippen molar-refractivity contribution in [1.82, 2.24) is 15.3 Å². The molecule has 2 aromatic rings. The third-order valence-electron chi connectivity index (χ3n) is 5.61. The Kier molecular flexibility index (Phi) is 7.55. The summed E-state index contributed by atoms with van der Waals surface area (Å²) in [6, 6.07) is 7.88. The number of carbonyl (C=O) groups is 1. The van der Waals surface area contributed by atoms with Crippen molar-refractivity contribution in [2.45, 2.75) is 45.2 Å². The van der Waals surface area contributed by atoms with Gasteiger partial charge in [-0.25, -0.2) is 4.98 Å². The van der Waals surface area contributed by atoms with Crippen LogP contribution in [0.2, 0.25) is 0 Å². The van der Waals surface area contributed by atoms with Crippen LogP contribution in [-0.4, -0.2) is 50.2 Å². The number of amides is 1. The van der Waals surface area contributed by atoms with Crippen molar-refractivity contribution in [3.05, 3.63) is 35.5 Å². The number of ether oxygens (including phenoxy) is 2. The molecule has 1 aliphatic carbocycles. The minimum Gasteiger partial charge on any atom is -0.497 e. The van der Waals surface area contributed by atoms with Crippen molar-refractivity contribution in [1.29, 1.82) is 0 Å². The van der Waals surface area contributed by atoms with Crippen LogP contribution in [0.4, 0.5) is 11.8 Å². The zero-order valence-electron chi connectivity index (χ0n) is 19.1. The summed E-state index contributed by atoms with van der Waals surface area (Å²) in [6.07, 6.45) is 3.52. The Hall–Kier alpha value is -3.03. The van der Waals surface area contributed by atoms with Crippen molar-refractivity contribution in [2.24, 2.45) is 5.92 Å². The lowest BCUT2D eigenvalue weighted by Gasteiger charge is -2.28. The Balaban J connectivity index is 1.50. The van der Waals surface area contributed by atoms with E-state index in [4.69, 9.17) is 9.47 Å². The molecule has 1 fully saturated rings. The van der Waals surface area contributed by atoms with E-state index in [-0.39, 0.29) is 17.9 Å². The molecule has 1 aliphatic rings. The monoisotopic (exact) mass is 427 g/mol. The van der Waals surface area contributed by atoms with E-state index >= 15 is 0 Å². The van der Waals surface area contributed by atoms with E-state index < -0.39 is 0 Å². The number of rotatable bonds is 8. The van der Waals surface area contributed by atoms with Crippen molar-refractivity contribution in [3.8, 4) is 11.5 Å². The molecule has 0 saturated heterocycles. The smallest absolute Gasteiger partial charge is 0.225 e. The summed E-state index contributed by atoms with van der Waals surface area (Å²) in [5.74, 6) is 3.10. The van der Waals surface area contributed by atoms with Crippen LogP contribution in [0.15, 0.2) is 24.3 Å². The maximum Gasteiger partial charge on any atom is 0.225 e. The van der Waals surface area contributed by atoms with Gasteiger partial charge in [-0.1, -0.05) is 0 Å². The van der Waals surface area contributed by atoms with Crippen LogP contribution < -0.4 is 25.0 Å². The van der Waals surface area contributed by atoms with Crippen LogP contribution in [0.5, 0.6) is 11.5 Å². The highest BCUT2D eigenvalue weighted by molar-refractivity contribution is 5.78. The molecule has 0 aliphatic heterocycles. The second-order valence-corrected chi connectivity index (χ2v) is 8.22. The average Bonchev–Trinajstić information content (AvgIpc) is 2.77. The highest BCUT2D eigenvalue weighted by atomic mass is 16.5. The summed E-state index contributed by atoms with van der Waals surface area (Å²) < 4.78 is 10.6. The third kappa shape index (κ3) is 6.23. The van der Waals surface area contributed by atoms with E-state index in [2.05, 4.69) is 20.6 Å². The van der Waals surface area contributed by atoms with E-state index in [0.29, 0.717) is 24.0 Å². The minimum absolute atomic E-state index is 0.0290. The van der Waals surface area contributed by atoms with Gasteiger partial charge in [-0.05, 0) is 50.3 Å². The zero-order valence-corrected chi connectivity index (χ0v) is 19.1. The van der Waals surface area contributed by atoms with Crippen molar-refractivity contribution in [2.75, 3.05) is 38.5 Å². The lowest BCUT2D eigenvalue weighted by Crippen LogP contribution is -2.36. The van der Waals surface area contributed by atoms with Gasteiger partial charge in [-0.2, -0.15) is 4.98 Å². The topological polar surface area (TPSA) is 88.6 Å². The minimum atomic E-state index is 0.0290. The van der Waals surface area contributed by atoms with Gasteiger partial charge in [0.2, 0.25) is 11.9 Å². The van der Waals surface area contributed by atoms with Gasteiger partial charge >= 0.3 is 0 Å². The first-order valence-electron chi connectivity index (χ1n) is 10.7. The standard InChI is InChI=1S/C23H33N5O3/c1-15-10-21(28(2)3)27-23(25-15)26-18-8-6-17(7-9-18)22(29)24-14-16-11-19(30-4)13-20(12-16)31-5/h10-13,17-18H,6-9,14H2,1-5H3,(H,24,29)(H,25,26,27). The van der Waals surface area contributed by atoms with E-state index in [1.807, 2.05) is 50.2 Å². The van der Waals surface area contributed by atoms with E-state index in [1.54, 1.807) is 14.2 Å². The number of hydrogen-bond acceptors (Lipinski definition) is 7. The summed E-state index contributed by atoms with van der Waals surface area (Å²) >= 11 is 0. The first kappa shape index (κ1) is 22.7. The normalized spacial score (nSPS) is 18.2. The fourth-order valence-corrected chi connectivity index (χ4v) is 3.83. The molecule has 1 aromatic heterocycles. The van der Waals surface area contributed by atoms with Crippen LogP contribution >= 0.6 is 0 Å². The SMILES string of the molecule is COc1cc(CNC(=O)C2CCC(Nc3nc(C)cc(N(C)C)n3)CC2)cc(OC)c1. The first-order chi connectivity index (χ1) is 14.9. The largest absolute Gasteiger partial charge is 0.497 e. The molecular formula is C23H33N5O3. The Labute approximate surface area is 184 Å². The molecule has 2 N–H and O–H groups in total. The van der Waals surface area contributed by atoms with E-state index in [9.17, 15) is 4.79 Å². The summed E-state index contributed by atoms with van der Waals surface area (Å²) in [5.41, 5.74) is 1.89. The second-order valence-electron chi connectivity index (χ2n) is 8.22. The van der Waals surface area contributed by atoms with Gasteiger partial charge < -0.3 is 25.0 Å². The highest BCUT2D eigenvalue weighted by Gasteiger charge is 2.26. The van der Waals surface area contributed by atoms with Gasteiger partial charge in [0.05, 0.1) is 14.2 Å². The molecule has 168 valence electrons. The van der Waals surface area contributed by atoms with Crippen LogP contribution in [0.3, 0.4) is 0 Å². The lowest BCUT2D eigenvalue weighted by atomic mass is 9.85. The molecule has 1 aromatic carbocycles. The Morgan fingerprint density at radius 3 is 2.26 bits per heavy atom. The quantitative estimate of drug-likeness (QED) is 0.669. The van der Waals surface area contributed by atoms with Crippen molar-refractivity contribution < 1.29 is 14.3 Å². The van der Waals surface area contributed by atoms with Gasteiger partial charge in [-0.3, -0.25) is 4.79 Å². The Morgan fingerprint density at radius 2 is 1.68 bits per heavy atom. The van der Waals surface area contributed by atoms with Crippen LogP contribution in [0.25, 0.3) is 0 Å². The number of nitrogens with zero attached hydrogens (tertiary/aromatic N) is 3. The van der Waals surface area contributed by atoms with Crippen LogP contribution in [-0.2, 0) is 11.3 Å². The molecule has 0 spiro atoms. The summed E-state index contributed by atoms with van der Waals surface area (Å²) in [4.78, 5) is 23.7. The number of nitrogens with one attached hydrogen (secondary N) is 2. The Bertz CT molecular complexity index is 873. The Morgan fingerprint density at radius 1 is 1.03 bits per heavy atom. The number of hydrogen-bond donors (Lipinski definition) is 2. The molecule has 3 rings (SSSR count). The third-order valence-corrected chi connectivity index (χ3v) is 5.61. The fraction of sp³-hybridized carbons (Fsp3) is 0.522. The number of benzene rings is 1. The summed E-state index contributed by atoms with van der Waals surface area (Å²) in [5, 5.41) is 6.51. The molecule has 0 atom stereocenters. The molecule has 1 amide bonds. The summed E-state index contributed by atoms with van der Waals surface area (Å²) in [6.45, 7) is 2.42. The van der Waals surface area contributed by atoms with Gasteiger partial charge in [0, 0.05) is 50.4 Å². The highest BCUT2D eigenvalue weighted by Crippen LogP contribution is 2.27. The number of aromatic nitrogens is 2. The molecule has 0 unspecified atom stereocenters. The second kappa shape index (κ2) is 10.3. The molecule has 0 bridgehead atoms. The number of carbonyl (C=O) groups excluding carboxylic acids is 1. The fourth-order valence-electron chi connectivity index (χ4n) is 3.83. The molecule has 8 heteroatoms. The molecular weight excluding hydrogens is 394 g/mol. The summed E-state index contributed by atoms with van der Waals surface area (Å²) in [7, 11) is 7.17. The maximum absolute atomic E-state index is 12.7. The molecule has 1 saturated carbocycles. The zero-order chi connectivity index (χ0) is 22.4. The van der Waals surface area contributed by atoms with Gasteiger partial charge in [0.25, 0.3) is 0 Å². The molecule has 31 heavy (non-hydrogen) atoms. The maximum atomic E-state index is 12.7. The average molecular weight is 428 g/mol. The lowest BCUT2D eigenvalue weighted by molar-refractivity contribution is -0.126. The number of aryl methyl sites for hydroxylation is 1. The van der Waals surface area contributed by atoms with Crippen molar-refractivity contribution >= 4 is 17.7 Å². The van der Waals surface area contributed by atoms with E-state index in [0.717, 1.165) is 42.8 Å². The molecule has 0 radical (unpaired) electrons. The van der Waals surface area contributed by atoms with Gasteiger partial charge in [-0.15, -0.1) is 0 Å². The van der Waals surface area contributed by atoms with Crippen molar-refractivity contribution in [3.63, 3.8) is 0 Å². The number of methoxy groups -OCH3 is 2. The predicted molar refractivity (Wildman–Crippen MR) is 122 cm³/mol. The van der Waals surface area contributed by atoms with E-state index in [1.165, 1.54) is 0 Å². The van der Waals surface area contributed by atoms with Gasteiger partial charge in [0.1, 0.15) is 17.3 Å². The first-order valence-corrected chi connectivity index (χ1v) is 10.7. The predicted octanol–water partition coefficient (Wildman–Crippen LogP) is 3.16. The van der Waals surface area contributed by atoms with Crippen LogP contribution in [0.1, 0.15) is 36.9 Å². The molecule has 8 nitrogen and oxygen atoms in total. The van der Waals surface area contributed by atoms with Crippen LogP contribution in [0, 0.1) is 12.8 Å².